The Morgan fingerprint density at radius 1 is 1.19 bits per heavy atom. The number of carbonyl (C=O) groups excluding carboxylic acids is 1. The van der Waals surface area contributed by atoms with Gasteiger partial charge in [0.05, 0.1) is 18.5 Å². The standard InChI is InChI=1S/C21H24F3N3O4S/c1-3-15(28)6-4-12(2)27-11-25-18-7-5-13(8-19(18)32(27,30)31)21(29)26-14-9-16(22)20(24)17(23)10-14/h5,7-10,12,15,25,28H,3-4,6,11H2,1-2H3,(H,26,29)/t12-,15-/m1/s1. The van der Waals surface area contributed by atoms with Crippen LogP contribution in [0, 0.1) is 17.5 Å². The van der Waals surface area contributed by atoms with Crippen LogP contribution >= 0.6 is 0 Å². The number of halogens is 3. The number of nitrogens with zero attached hydrogens (tertiary/aromatic N) is 1. The number of hydrogen-bond donors (Lipinski definition) is 3. The number of aliphatic hydroxyl groups is 1. The second-order valence-electron chi connectivity index (χ2n) is 7.63. The summed E-state index contributed by atoms with van der Waals surface area (Å²) < 4.78 is 67.5. The molecule has 0 aromatic heterocycles. The smallest absolute Gasteiger partial charge is 0.255 e. The minimum absolute atomic E-state index is 0.0401. The minimum atomic E-state index is -3.95. The monoisotopic (exact) mass is 471 g/mol. The molecular weight excluding hydrogens is 447 g/mol. The van der Waals surface area contributed by atoms with E-state index in [1.165, 1.54) is 22.5 Å². The first kappa shape index (κ1) is 24.0. The molecular formula is C21H24F3N3O4S. The molecule has 7 nitrogen and oxygen atoms in total. The van der Waals surface area contributed by atoms with E-state index in [0.717, 1.165) is 0 Å². The second-order valence-corrected chi connectivity index (χ2v) is 9.49. The third kappa shape index (κ3) is 4.89. The highest BCUT2D eigenvalue weighted by Gasteiger charge is 2.35. The van der Waals surface area contributed by atoms with Crippen molar-refractivity contribution in [2.24, 2.45) is 0 Å². The first-order chi connectivity index (χ1) is 15.0. The van der Waals surface area contributed by atoms with Crippen molar-refractivity contribution in [2.75, 3.05) is 17.3 Å². The third-order valence-electron chi connectivity index (χ3n) is 5.38. The summed E-state index contributed by atoms with van der Waals surface area (Å²) in [6, 6.07) is 4.82. The minimum Gasteiger partial charge on any atom is -0.393 e. The maximum absolute atomic E-state index is 13.4. The summed E-state index contributed by atoms with van der Waals surface area (Å²) in [5.41, 5.74) is -0.0533. The van der Waals surface area contributed by atoms with Crippen molar-refractivity contribution in [1.82, 2.24) is 4.31 Å². The summed E-state index contributed by atoms with van der Waals surface area (Å²) in [7, 11) is -3.95. The van der Waals surface area contributed by atoms with Crippen LogP contribution in [0.1, 0.15) is 43.5 Å². The number of nitrogens with one attached hydrogen (secondary N) is 2. The number of benzene rings is 2. The molecule has 2 atom stereocenters. The van der Waals surface area contributed by atoms with E-state index >= 15 is 0 Å². The van der Waals surface area contributed by atoms with Crippen molar-refractivity contribution in [3.8, 4) is 0 Å². The fraction of sp³-hybridized carbons (Fsp3) is 0.381. The number of fused-ring (bicyclic) bond motifs is 1. The van der Waals surface area contributed by atoms with Crippen LogP contribution in [0.25, 0.3) is 0 Å². The lowest BCUT2D eigenvalue weighted by Crippen LogP contribution is -2.45. The van der Waals surface area contributed by atoms with E-state index in [1.807, 2.05) is 6.92 Å². The van der Waals surface area contributed by atoms with Gasteiger partial charge in [0.25, 0.3) is 5.91 Å². The van der Waals surface area contributed by atoms with Crippen LogP contribution in [-0.4, -0.2) is 42.6 Å². The Morgan fingerprint density at radius 3 is 2.47 bits per heavy atom. The third-order valence-corrected chi connectivity index (χ3v) is 7.38. The van der Waals surface area contributed by atoms with Gasteiger partial charge in [-0.05, 0) is 44.4 Å². The van der Waals surface area contributed by atoms with E-state index in [4.69, 9.17) is 0 Å². The molecule has 0 fully saturated rings. The summed E-state index contributed by atoms with van der Waals surface area (Å²) in [4.78, 5) is 12.4. The first-order valence-electron chi connectivity index (χ1n) is 10.1. The van der Waals surface area contributed by atoms with Crippen molar-refractivity contribution >= 4 is 27.3 Å². The van der Waals surface area contributed by atoms with Crippen LogP contribution in [0.15, 0.2) is 35.2 Å². The molecule has 2 aromatic rings. The Balaban J connectivity index is 1.83. The van der Waals surface area contributed by atoms with Gasteiger partial charge in [-0.15, -0.1) is 0 Å². The zero-order valence-corrected chi connectivity index (χ0v) is 18.3. The predicted octanol–water partition coefficient (Wildman–Crippen LogP) is 3.67. The molecule has 32 heavy (non-hydrogen) atoms. The van der Waals surface area contributed by atoms with E-state index in [2.05, 4.69) is 10.6 Å². The fourth-order valence-electron chi connectivity index (χ4n) is 3.40. The van der Waals surface area contributed by atoms with E-state index in [1.54, 1.807) is 6.92 Å². The average Bonchev–Trinajstić information content (AvgIpc) is 2.75. The molecule has 2 aromatic carbocycles. The van der Waals surface area contributed by atoms with Crippen molar-refractivity contribution in [3.05, 3.63) is 53.3 Å². The molecule has 174 valence electrons. The normalized spacial score (nSPS) is 17.2. The Morgan fingerprint density at radius 2 is 1.84 bits per heavy atom. The van der Waals surface area contributed by atoms with Crippen molar-refractivity contribution in [3.63, 3.8) is 0 Å². The molecule has 0 bridgehead atoms. The number of aliphatic hydroxyl groups excluding tert-OH is 1. The van der Waals surface area contributed by atoms with Gasteiger partial charge in [-0.25, -0.2) is 21.6 Å². The Bertz CT molecular complexity index is 1100. The molecule has 11 heteroatoms. The predicted molar refractivity (Wildman–Crippen MR) is 113 cm³/mol. The number of rotatable bonds is 7. The zero-order valence-electron chi connectivity index (χ0n) is 17.5. The van der Waals surface area contributed by atoms with Crippen molar-refractivity contribution in [2.45, 2.75) is 50.2 Å². The van der Waals surface area contributed by atoms with Gasteiger partial charge in [-0.1, -0.05) is 6.92 Å². The molecule has 0 unspecified atom stereocenters. The number of hydrogen-bond acceptors (Lipinski definition) is 5. The lowest BCUT2D eigenvalue weighted by atomic mass is 10.1. The number of carbonyl (C=O) groups is 1. The van der Waals surface area contributed by atoms with Gasteiger partial charge in [0.2, 0.25) is 10.0 Å². The fourth-order valence-corrected chi connectivity index (χ4v) is 5.16. The molecule has 3 N–H and O–H groups in total. The van der Waals surface area contributed by atoms with E-state index < -0.39 is 45.5 Å². The zero-order chi connectivity index (χ0) is 23.6. The maximum Gasteiger partial charge on any atom is 0.255 e. The van der Waals surface area contributed by atoms with Crippen LogP contribution in [0.5, 0.6) is 0 Å². The maximum atomic E-state index is 13.4. The van der Waals surface area contributed by atoms with E-state index in [9.17, 15) is 31.5 Å². The van der Waals surface area contributed by atoms with Gasteiger partial charge in [-0.2, -0.15) is 4.31 Å². The van der Waals surface area contributed by atoms with Gasteiger partial charge in [0.1, 0.15) is 4.90 Å². The van der Waals surface area contributed by atoms with Crippen LogP contribution in [0.4, 0.5) is 24.5 Å². The summed E-state index contributed by atoms with van der Waals surface area (Å²) in [6.45, 7) is 3.62. The van der Waals surface area contributed by atoms with Gasteiger partial charge in [-0.3, -0.25) is 4.79 Å². The number of sulfonamides is 1. The molecule has 1 heterocycles. The lowest BCUT2D eigenvalue weighted by Gasteiger charge is -2.34. The van der Waals surface area contributed by atoms with Crippen LogP contribution in [-0.2, 0) is 10.0 Å². The molecule has 0 saturated heterocycles. The average molecular weight is 472 g/mol. The molecule has 0 spiro atoms. The number of anilines is 2. The molecule has 0 aliphatic carbocycles. The SMILES string of the molecule is CC[C@@H](O)CC[C@@H](C)N1CNc2ccc(C(=O)Nc3cc(F)c(F)c(F)c3)cc2S1(=O)=O. The number of amides is 1. The van der Waals surface area contributed by atoms with Gasteiger partial charge in [0, 0.05) is 29.4 Å². The van der Waals surface area contributed by atoms with E-state index in [-0.39, 0.29) is 22.8 Å². The van der Waals surface area contributed by atoms with Crippen LogP contribution in [0.3, 0.4) is 0 Å². The highest BCUT2D eigenvalue weighted by molar-refractivity contribution is 7.89. The summed E-state index contributed by atoms with van der Waals surface area (Å²) in [5, 5.41) is 15.0. The Kier molecular flexibility index (Phi) is 7.11. The molecule has 1 aliphatic rings. The van der Waals surface area contributed by atoms with Gasteiger partial charge in [0.15, 0.2) is 17.5 Å². The van der Waals surface area contributed by atoms with Gasteiger partial charge >= 0.3 is 0 Å². The lowest BCUT2D eigenvalue weighted by molar-refractivity contribution is 0.102. The van der Waals surface area contributed by atoms with Crippen molar-refractivity contribution in [1.29, 1.82) is 0 Å². The molecule has 3 rings (SSSR count). The highest BCUT2D eigenvalue weighted by Crippen LogP contribution is 2.32. The first-order valence-corrected chi connectivity index (χ1v) is 11.5. The Labute approximate surface area is 184 Å². The summed E-state index contributed by atoms with van der Waals surface area (Å²) in [5.74, 6) is -5.40. The molecule has 0 radical (unpaired) electrons. The molecule has 1 amide bonds. The quantitative estimate of drug-likeness (QED) is 0.536. The van der Waals surface area contributed by atoms with Crippen molar-refractivity contribution < 1.29 is 31.5 Å². The highest BCUT2D eigenvalue weighted by atomic mass is 32.2. The topological polar surface area (TPSA) is 98.7 Å². The summed E-state index contributed by atoms with van der Waals surface area (Å²) >= 11 is 0. The molecule has 1 aliphatic heterocycles. The van der Waals surface area contributed by atoms with E-state index in [0.29, 0.717) is 37.1 Å². The van der Waals surface area contributed by atoms with Gasteiger partial charge < -0.3 is 15.7 Å². The Hall–Kier alpha value is -2.63. The molecule has 0 saturated carbocycles. The van der Waals surface area contributed by atoms with Crippen LogP contribution < -0.4 is 10.6 Å². The van der Waals surface area contributed by atoms with Crippen LogP contribution in [0.2, 0.25) is 0 Å². The largest absolute Gasteiger partial charge is 0.393 e. The second kappa shape index (κ2) is 9.47. The summed E-state index contributed by atoms with van der Waals surface area (Å²) in [6.07, 6.45) is 0.958.